The lowest BCUT2D eigenvalue weighted by molar-refractivity contribution is -0.203. The van der Waals surface area contributed by atoms with Gasteiger partial charge < -0.3 is 19.3 Å². The molecule has 0 aromatic heterocycles. The average molecular weight is 297 g/mol. The van der Waals surface area contributed by atoms with Crippen LogP contribution >= 0.6 is 15.9 Å². The third kappa shape index (κ3) is 3.43. The summed E-state index contributed by atoms with van der Waals surface area (Å²) in [6.07, 6.45) is -2.79. The van der Waals surface area contributed by atoms with Crippen molar-refractivity contribution in [1.82, 2.24) is 0 Å². The lowest BCUT2D eigenvalue weighted by Gasteiger charge is -2.36. The maximum Gasteiger partial charge on any atom is 0.303 e. The van der Waals surface area contributed by atoms with E-state index in [0.29, 0.717) is 0 Å². The van der Waals surface area contributed by atoms with Crippen molar-refractivity contribution in [3.8, 4) is 0 Å². The van der Waals surface area contributed by atoms with Gasteiger partial charge >= 0.3 is 11.9 Å². The first-order chi connectivity index (χ1) is 7.41. The predicted molar refractivity (Wildman–Crippen MR) is 55.8 cm³/mol. The Morgan fingerprint density at radius 3 is 2.38 bits per heavy atom. The van der Waals surface area contributed by atoms with Crippen molar-refractivity contribution in [1.29, 1.82) is 0 Å². The average Bonchev–Trinajstić information content (AvgIpc) is 2.16. The Bertz CT molecular complexity index is 281. The molecule has 0 bridgehead atoms. The van der Waals surface area contributed by atoms with E-state index < -0.39 is 35.3 Å². The third-order valence-electron chi connectivity index (χ3n) is 2.01. The molecule has 1 aliphatic heterocycles. The molecule has 4 atom stereocenters. The monoisotopic (exact) mass is 296 g/mol. The Balaban J connectivity index is 2.72. The number of rotatable bonds is 2. The van der Waals surface area contributed by atoms with Crippen molar-refractivity contribution in [2.75, 3.05) is 6.61 Å². The van der Waals surface area contributed by atoms with Gasteiger partial charge in [0.05, 0.1) is 6.61 Å². The number of carbonyl (C=O) groups is 2. The van der Waals surface area contributed by atoms with E-state index in [4.69, 9.17) is 14.2 Å². The zero-order chi connectivity index (χ0) is 12.3. The van der Waals surface area contributed by atoms with E-state index in [1.807, 2.05) is 0 Å². The van der Waals surface area contributed by atoms with Crippen LogP contribution in [-0.2, 0) is 23.8 Å². The molecule has 0 amide bonds. The molecule has 0 aromatic rings. The number of hydrogen-bond donors (Lipinski definition) is 1. The molecule has 1 saturated heterocycles. The van der Waals surface area contributed by atoms with E-state index in [1.54, 1.807) is 0 Å². The molecule has 0 spiro atoms. The zero-order valence-electron chi connectivity index (χ0n) is 8.88. The van der Waals surface area contributed by atoms with Gasteiger partial charge in [0.2, 0.25) is 0 Å². The van der Waals surface area contributed by atoms with Crippen LogP contribution in [0.1, 0.15) is 13.8 Å². The molecule has 0 radical (unpaired) electrons. The van der Waals surface area contributed by atoms with Crippen molar-refractivity contribution >= 4 is 27.9 Å². The SMILES string of the molecule is CC(=O)O[C@H]1[C@H](OC(C)=O)COC(Br)[C@@H]1O. The maximum atomic E-state index is 10.9. The zero-order valence-corrected chi connectivity index (χ0v) is 10.5. The van der Waals surface area contributed by atoms with Crippen LogP contribution in [0.15, 0.2) is 0 Å². The normalized spacial score (nSPS) is 34.2. The van der Waals surface area contributed by atoms with E-state index in [-0.39, 0.29) is 6.61 Å². The van der Waals surface area contributed by atoms with Crippen molar-refractivity contribution in [2.45, 2.75) is 37.2 Å². The lowest BCUT2D eigenvalue weighted by atomic mass is 10.1. The molecule has 1 heterocycles. The number of carbonyl (C=O) groups excluding carboxylic acids is 2. The molecule has 1 rings (SSSR count). The molecule has 16 heavy (non-hydrogen) atoms. The van der Waals surface area contributed by atoms with E-state index in [9.17, 15) is 14.7 Å². The Hall–Kier alpha value is -0.660. The van der Waals surface area contributed by atoms with Crippen molar-refractivity contribution in [2.24, 2.45) is 0 Å². The van der Waals surface area contributed by atoms with Gasteiger partial charge in [-0.25, -0.2) is 0 Å². The molecule has 7 heteroatoms. The molecule has 1 aliphatic rings. The van der Waals surface area contributed by atoms with Crippen LogP contribution in [-0.4, -0.2) is 47.0 Å². The van der Waals surface area contributed by atoms with Gasteiger partial charge in [-0.2, -0.15) is 0 Å². The summed E-state index contributed by atoms with van der Waals surface area (Å²) in [6.45, 7) is 2.51. The molecule has 1 unspecified atom stereocenters. The highest BCUT2D eigenvalue weighted by Gasteiger charge is 2.42. The van der Waals surface area contributed by atoms with E-state index in [1.165, 1.54) is 13.8 Å². The summed E-state index contributed by atoms with van der Waals surface area (Å²) in [4.78, 5) is 21.7. The Kier molecular flexibility index (Phi) is 4.69. The van der Waals surface area contributed by atoms with E-state index in [2.05, 4.69) is 15.9 Å². The molecule has 1 N–H and O–H groups in total. The number of aliphatic hydroxyl groups excluding tert-OH is 1. The fourth-order valence-corrected chi connectivity index (χ4v) is 1.85. The quantitative estimate of drug-likeness (QED) is 0.569. The molecule has 0 saturated carbocycles. The van der Waals surface area contributed by atoms with E-state index >= 15 is 0 Å². The largest absolute Gasteiger partial charge is 0.456 e. The molecule has 1 fully saturated rings. The minimum Gasteiger partial charge on any atom is -0.456 e. The second-order valence-electron chi connectivity index (χ2n) is 3.40. The Morgan fingerprint density at radius 1 is 1.31 bits per heavy atom. The Labute approximate surface area is 101 Å². The highest BCUT2D eigenvalue weighted by molar-refractivity contribution is 9.09. The van der Waals surface area contributed by atoms with Gasteiger partial charge in [-0.15, -0.1) is 0 Å². The number of alkyl halides is 1. The second-order valence-corrected chi connectivity index (χ2v) is 4.30. The predicted octanol–water partition coefficient (Wildman–Crippen LogP) is -0.0381. The van der Waals surface area contributed by atoms with Crippen LogP contribution in [0, 0.1) is 0 Å². The standard InChI is InChI=1S/C9H13BrO6/c1-4(11)15-6-3-14-9(10)7(13)8(6)16-5(2)12/h6-9,13H,3H2,1-2H3/t6-,7-,8+,9?/m1/s1. The molecular formula is C9H13BrO6. The van der Waals surface area contributed by atoms with Gasteiger partial charge in [-0.1, -0.05) is 15.9 Å². The van der Waals surface area contributed by atoms with Gasteiger partial charge in [0.15, 0.2) is 12.2 Å². The molecule has 0 aliphatic carbocycles. The number of esters is 2. The molecule has 6 nitrogen and oxygen atoms in total. The fraction of sp³-hybridized carbons (Fsp3) is 0.778. The fourth-order valence-electron chi connectivity index (χ4n) is 1.40. The maximum absolute atomic E-state index is 10.9. The van der Waals surface area contributed by atoms with Crippen LogP contribution in [0.25, 0.3) is 0 Å². The van der Waals surface area contributed by atoms with Gasteiger partial charge in [0.1, 0.15) is 11.1 Å². The molecule has 0 aromatic carbocycles. The van der Waals surface area contributed by atoms with Gasteiger partial charge in [-0.3, -0.25) is 9.59 Å². The summed E-state index contributed by atoms with van der Waals surface area (Å²) in [7, 11) is 0. The lowest BCUT2D eigenvalue weighted by Crippen LogP contribution is -2.54. The summed E-state index contributed by atoms with van der Waals surface area (Å²) < 4.78 is 14.9. The molecule has 92 valence electrons. The van der Waals surface area contributed by atoms with Crippen molar-refractivity contribution in [3.63, 3.8) is 0 Å². The van der Waals surface area contributed by atoms with Crippen LogP contribution in [0.2, 0.25) is 0 Å². The first-order valence-electron chi connectivity index (χ1n) is 4.70. The minimum atomic E-state index is -1.08. The van der Waals surface area contributed by atoms with Crippen molar-refractivity contribution < 1.29 is 28.9 Å². The van der Waals surface area contributed by atoms with Crippen LogP contribution in [0.3, 0.4) is 0 Å². The summed E-state index contributed by atoms with van der Waals surface area (Å²) in [5, 5.41) is 9.08. The van der Waals surface area contributed by atoms with E-state index in [0.717, 1.165) is 0 Å². The van der Waals surface area contributed by atoms with Crippen LogP contribution in [0.4, 0.5) is 0 Å². The number of halogens is 1. The molecular weight excluding hydrogens is 284 g/mol. The summed E-state index contributed by atoms with van der Waals surface area (Å²) in [6, 6.07) is 0. The smallest absolute Gasteiger partial charge is 0.303 e. The topological polar surface area (TPSA) is 82.1 Å². The number of aliphatic hydroxyl groups is 1. The van der Waals surface area contributed by atoms with Crippen LogP contribution < -0.4 is 0 Å². The number of ether oxygens (including phenoxy) is 3. The van der Waals surface area contributed by atoms with Crippen molar-refractivity contribution in [3.05, 3.63) is 0 Å². The summed E-state index contributed by atoms with van der Waals surface area (Å²) >= 11 is 3.07. The second kappa shape index (κ2) is 5.60. The summed E-state index contributed by atoms with van der Waals surface area (Å²) in [5.74, 6) is -1.08. The van der Waals surface area contributed by atoms with Gasteiger partial charge in [-0.05, 0) is 0 Å². The Morgan fingerprint density at radius 2 is 1.88 bits per heavy atom. The summed E-state index contributed by atoms with van der Waals surface area (Å²) in [5.41, 5.74) is 0. The van der Waals surface area contributed by atoms with Gasteiger partial charge in [0.25, 0.3) is 0 Å². The van der Waals surface area contributed by atoms with Gasteiger partial charge in [0, 0.05) is 13.8 Å². The first-order valence-corrected chi connectivity index (χ1v) is 5.61. The first kappa shape index (κ1) is 13.4. The van der Waals surface area contributed by atoms with Crippen LogP contribution in [0.5, 0.6) is 0 Å². The highest BCUT2D eigenvalue weighted by Crippen LogP contribution is 2.24. The highest BCUT2D eigenvalue weighted by atomic mass is 79.9. The number of hydrogen-bond acceptors (Lipinski definition) is 6. The third-order valence-corrected chi connectivity index (χ3v) is 2.82. The minimum absolute atomic E-state index is 0.0600.